The maximum atomic E-state index is 8.39. The monoisotopic (exact) mass is 206 g/mol. The third-order valence-electron chi connectivity index (χ3n) is 1.60. The Morgan fingerprint density at radius 1 is 1.46 bits per heavy atom. The average Bonchev–Trinajstić information content (AvgIpc) is 2.57. The molecule has 0 aliphatic carbocycles. The lowest BCUT2D eigenvalue weighted by Crippen LogP contribution is -1.74. The summed E-state index contributed by atoms with van der Waals surface area (Å²) < 4.78 is 1.19. The molecule has 2 aromatic rings. The molecular formula is C9H6N2S2. The van der Waals surface area contributed by atoms with Gasteiger partial charge in [-0.2, -0.15) is 5.26 Å². The molecule has 0 N–H and O–H groups in total. The molecule has 0 amide bonds. The van der Waals surface area contributed by atoms with E-state index in [1.54, 1.807) is 11.3 Å². The molecule has 0 aliphatic heterocycles. The molecule has 0 fully saturated rings. The maximum Gasteiger partial charge on any atom is 0.133 e. The van der Waals surface area contributed by atoms with Gasteiger partial charge >= 0.3 is 0 Å². The Labute approximate surface area is 84.2 Å². The summed E-state index contributed by atoms with van der Waals surface area (Å²) in [7, 11) is 0. The average molecular weight is 206 g/mol. The second-order valence-corrected chi connectivity index (χ2v) is 4.33. The third kappa shape index (κ3) is 1.82. The molecule has 1 heterocycles. The number of benzene rings is 1. The second-order valence-electron chi connectivity index (χ2n) is 2.46. The van der Waals surface area contributed by atoms with Crippen LogP contribution in [0.3, 0.4) is 0 Å². The molecular weight excluding hydrogens is 200 g/mol. The van der Waals surface area contributed by atoms with Gasteiger partial charge in [-0.1, -0.05) is 12.1 Å². The molecule has 2 rings (SSSR count). The third-order valence-corrected chi connectivity index (χ3v) is 3.36. The lowest BCUT2D eigenvalue weighted by molar-refractivity contribution is 1.31. The first kappa shape index (κ1) is 8.54. The van der Waals surface area contributed by atoms with Crippen LogP contribution < -0.4 is 0 Å². The summed E-state index contributed by atoms with van der Waals surface area (Å²) in [5.41, 5.74) is 1.03. The number of hydrogen-bond acceptors (Lipinski definition) is 4. The van der Waals surface area contributed by atoms with Crippen molar-refractivity contribution in [2.75, 3.05) is 0 Å². The zero-order chi connectivity index (χ0) is 9.10. The van der Waals surface area contributed by atoms with Crippen molar-refractivity contribution in [1.29, 1.82) is 5.26 Å². The molecule has 0 bridgehead atoms. The number of thiocyanates is 1. The van der Waals surface area contributed by atoms with Gasteiger partial charge in [-0.05, 0) is 23.9 Å². The van der Waals surface area contributed by atoms with E-state index in [-0.39, 0.29) is 0 Å². The molecule has 64 valence electrons. The van der Waals surface area contributed by atoms with Gasteiger partial charge in [0.1, 0.15) is 10.4 Å². The van der Waals surface area contributed by atoms with Crippen molar-refractivity contribution >= 4 is 33.3 Å². The van der Waals surface area contributed by atoms with Gasteiger partial charge in [0, 0.05) is 0 Å². The number of nitrogens with zero attached hydrogens (tertiary/aromatic N) is 2. The van der Waals surface area contributed by atoms with Crippen LogP contribution in [-0.4, -0.2) is 4.98 Å². The van der Waals surface area contributed by atoms with Crippen LogP contribution in [0.1, 0.15) is 5.01 Å². The summed E-state index contributed by atoms with van der Waals surface area (Å²) in [5.74, 6) is 0.690. The van der Waals surface area contributed by atoms with Crippen LogP contribution in [0.5, 0.6) is 0 Å². The molecule has 0 saturated carbocycles. The van der Waals surface area contributed by atoms with Gasteiger partial charge in [0.05, 0.1) is 16.0 Å². The van der Waals surface area contributed by atoms with Gasteiger partial charge < -0.3 is 0 Å². The first-order valence-electron chi connectivity index (χ1n) is 3.75. The van der Waals surface area contributed by atoms with Crippen molar-refractivity contribution in [1.82, 2.24) is 4.98 Å². The number of nitriles is 1. The fraction of sp³-hybridized carbons (Fsp3) is 0.111. The summed E-state index contributed by atoms with van der Waals surface area (Å²) in [6, 6.07) is 8.02. The SMILES string of the molecule is N#CSCc1nc2ccccc2s1. The Balaban J connectivity index is 2.34. The van der Waals surface area contributed by atoms with Gasteiger partial charge in [-0.25, -0.2) is 4.98 Å². The number of para-hydroxylation sites is 1. The molecule has 0 spiro atoms. The summed E-state index contributed by atoms with van der Waals surface area (Å²) >= 11 is 2.88. The highest BCUT2D eigenvalue weighted by Crippen LogP contribution is 2.24. The predicted molar refractivity (Wildman–Crippen MR) is 56.5 cm³/mol. The Bertz CT molecular complexity index is 423. The number of aromatic nitrogens is 1. The lowest BCUT2D eigenvalue weighted by Gasteiger charge is -1.83. The summed E-state index contributed by atoms with van der Waals surface area (Å²) in [5, 5.41) is 11.5. The van der Waals surface area contributed by atoms with Crippen LogP contribution in [-0.2, 0) is 5.75 Å². The highest BCUT2D eigenvalue weighted by molar-refractivity contribution is 8.03. The molecule has 0 saturated heterocycles. The van der Waals surface area contributed by atoms with E-state index >= 15 is 0 Å². The first-order chi connectivity index (χ1) is 6.40. The minimum absolute atomic E-state index is 0.690. The van der Waals surface area contributed by atoms with Crippen molar-refractivity contribution in [3.8, 4) is 5.40 Å². The zero-order valence-corrected chi connectivity index (χ0v) is 8.36. The molecule has 1 aromatic carbocycles. The van der Waals surface area contributed by atoms with Crippen molar-refractivity contribution in [2.45, 2.75) is 5.75 Å². The van der Waals surface area contributed by atoms with Crippen LogP contribution in [0, 0.1) is 10.7 Å². The van der Waals surface area contributed by atoms with Crippen molar-refractivity contribution in [3.63, 3.8) is 0 Å². The molecule has 1 aromatic heterocycles. The van der Waals surface area contributed by atoms with Gasteiger partial charge in [0.2, 0.25) is 0 Å². The molecule has 0 unspecified atom stereocenters. The van der Waals surface area contributed by atoms with E-state index in [2.05, 4.69) is 4.98 Å². The van der Waals surface area contributed by atoms with Crippen LogP contribution >= 0.6 is 23.1 Å². The van der Waals surface area contributed by atoms with E-state index < -0.39 is 0 Å². The number of thiazole rings is 1. The van der Waals surface area contributed by atoms with Gasteiger partial charge in [-0.15, -0.1) is 11.3 Å². The maximum absolute atomic E-state index is 8.39. The smallest absolute Gasteiger partial charge is 0.133 e. The Morgan fingerprint density at radius 3 is 3.08 bits per heavy atom. The van der Waals surface area contributed by atoms with E-state index in [0.717, 1.165) is 10.5 Å². The van der Waals surface area contributed by atoms with Crippen molar-refractivity contribution < 1.29 is 0 Å². The Hall–Kier alpha value is -1.05. The van der Waals surface area contributed by atoms with E-state index in [9.17, 15) is 0 Å². The fourth-order valence-electron chi connectivity index (χ4n) is 1.08. The molecule has 2 nitrogen and oxygen atoms in total. The first-order valence-corrected chi connectivity index (χ1v) is 5.55. The minimum atomic E-state index is 0.690. The zero-order valence-electron chi connectivity index (χ0n) is 6.73. The number of rotatable bonds is 2. The normalized spacial score (nSPS) is 10.1. The van der Waals surface area contributed by atoms with E-state index in [1.807, 2.05) is 29.7 Å². The highest BCUT2D eigenvalue weighted by Gasteiger charge is 2.01. The van der Waals surface area contributed by atoms with Gasteiger partial charge in [-0.3, -0.25) is 0 Å². The van der Waals surface area contributed by atoms with E-state index in [0.29, 0.717) is 5.75 Å². The van der Waals surface area contributed by atoms with Crippen LogP contribution in [0.15, 0.2) is 24.3 Å². The van der Waals surface area contributed by atoms with Crippen LogP contribution in [0.2, 0.25) is 0 Å². The van der Waals surface area contributed by atoms with Crippen LogP contribution in [0.25, 0.3) is 10.2 Å². The summed E-state index contributed by atoms with van der Waals surface area (Å²) in [6.45, 7) is 0. The summed E-state index contributed by atoms with van der Waals surface area (Å²) in [4.78, 5) is 4.40. The summed E-state index contributed by atoms with van der Waals surface area (Å²) in [6.07, 6.45) is 0. The molecule has 0 aliphatic rings. The largest absolute Gasteiger partial charge is 0.240 e. The molecule has 0 radical (unpaired) electrons. The topological polar surface area (TPSA) is 36.7 Å². The molecule has 13 heavy (non-hydrogen) atoms. The van der Waals surface area contributed by atoms with Crippen molar-refractivity contribution in [2.24, 2.45) is 0 Å². The molecule has 0 atom stereocenters. The van der Waals surface area contributed by atoms with Crippen LogP contribution in [0.4, 0.5) is 0 Å². The molecule has 4 heteroatoms. The Kier molecular flexibility index (Phi) is 2.48. The quantitative estimate of drug-likeness (QED) is 0.709. The standard InChI is InChI=1S/C9H6N2S2/c10-6-12-5-9-11-7-3-1-2-4-8(7)13-9/h1-4H,5H2. The van der Waals surface area contributed by atoms with E-state index in [1.165, 1.54) is 16.5 Å². The lowest BCUT2D eigenvalue weighted by atomic mass is 10.3. The number of hydrogen-bond donors (Lipinski definition) is 0. The number of thioether (sulfide) groups is 1. The predicted octanol–water partition coefficient (Wildman–Crippen LogP) is 3.01. The van der Waals surface area contributed by atoms with E-state index in [4.69, 9.17) is 5.26 Å². The fourth-order valence-corrected chi connectivity index (χ4v) is 2.50. The van der Waals surface area contributed by atoms with Gasteiger partial charge in [0.15, 0.2) is 0 Å². The van der Waals surface area contributed by atoms with Gasteiger partial charge in [0.25, 0.3) is 0 Å². The van der Waals surface area contributed by atoms with Crippen molar-refractivity contribution in [3.05, 3.63) is 29.3 Å². The Morgan fingerprint density at radius 2 is 2.31 bits per heavy atom. The number of fused-ring (bicyclic) bond motifs is 1. The highest BCUT2D eigenvalue weighted by atomic mass is 32.2. The second kappa shape index (κ2) is 3.77. The minimum Gasteiger partial charge on any atom is -0.240 e.